The second-order valence-electron chi connectivity index (χ2n) is 7.90. The molecule has 4 nitrogen and oxygen atoms in total. The molecule has 1 amide bonds. The van der Waals surface area contributed by atoms with Gasteiger partial charge in [0.1, 0.15) is 0 Å². The Morgan fingerprint density at radius 2 is 1.56 bits per heavy atom. The molecule has 1 aliphatic carbocycles. The first-order valence-corrected chi connectivity index (χ1v) is 10.1. The summed E-state index contributed by atoms with van der Waals surface area (Å²) in [6.07, 6.45) is 13.6. The van der Waals surface area contributed by atoms with Gasteiger partial charge in [-0.25, -0.2) is 0 Å². The molecule has 25 heavy (non-hydrogen) atoms. The van der Waals surface area contributed by atoms with Gasteiger partial charge in [-0.3, -0.25) is 4.79 Å². The van der Waals surface area contributed by atoms with Gasteiger partial charge in [0.15, 0.2) is 0 Å². The number of hydrogen-bond acceptors (Lipinski definition) is 3. The maximum atomic E-state index is 12.2. The first-order valence-electron chi connectivity index (χ1n) is 10.1. The van der Waals surface area contributed by atoms with Gasteiger partial charge in [0, 0.05) is 31.6 Å². The third kappa shape index (κ3) is 7.62. The van der Waals surface area contributed by atoms with E-state index in [1.807, 2.05) is 0 Å². The molecule has 0 radical (unpaired) electrons. The molecule has 2 N–H and O–H groups in total. The van der Waals surface area contributed by atoms with Gasteiger partial charge in [-0.2, -0.15) is 0 Å². The van der Waals surface area contributed by atoms with Crippen molar-refractivity contribution in [3.8, 4) is 0 Å². The van der Waals surface area contributed by atoms with Gasteiger partial charge < -0.3 is 15.5 Å². The fourth-order valence-corrected chi connectivity index (χ4v) is 4.66. The standard InChI is InChI=1S/C19H35N3O.2ClH/c23-19(7-6-16-8-12-20-13-9-16)21-17-10-14-22(15-11-17)18-4-2-1-3-5-18;;/h16-18,20H,1-15H2,(H,21,23);2*1H. The van der Waals surface area contributed by atoms with Crippen LogP contribution in [0.1, 0.15) is 70.6 Å². The minimum absolute atomic E-state index is 0. The van der Waals surface area contributed by atoms with Crippen molar-refractivity contribution in [1.82, 2.24) is 15.5 Å². The van der Waals surface area contributed by atoms with Gasteiger partial charge in [0.25, 0.3) is 0 Å². The van der Waals surface area contributed by atoms with Crippen LogP contribution in [0.25, 0.3) is 0 Å². The van der Waals surface area contributed by atoms with Crippen LogP contribution in [0.5, 0.6) is 0 Å². The summed E-state index contributed by atoms with van der Waals surface area (Å²) in [4.78, 5) is 14.9. The zero-order valence-electron chi connectivity index (χ0n) is 15.5. The van der Waals surface area contributed by atoms with E-state index in [1.165, 1.54) is 58.0 Å². The highest BCUT2D eigenvalue weighted by Gasteiger charge is 2.26. The normalized spacial score (nSPS) is 24.2. The lowest BCUT2D eigenvalue weighted by Gasteiger charge is -2.39. The third-order valence-corrected chi connectivity index (χ3v) is 6.22. The maximum Gasteiger partial charge on any atom is 0.220 e. The number of piperidine rings is 2. The zero-order chi connectivity index (χ0) is 15.9. The lowest BCUT2D eigenvalue weighted by Crippen LogP contribution is -2.48. The van der Waals surface area contributed by atoms with E-state index >= 15 is 0 Å². The first-order chi connectivity index (χ1) is 11.3. The number of halogens is 2. The van der Waals surface area contributed by atoms with Crippen molar-refractivity contribution in [2.45, 2.75) is 82.7 Å². The van der Waals surface area contributed by atoms with Gasteiger partial charge >= 0.3 is 0 Å². The summed E-state index contributed by atoms with van der Waals surface area (Å²) in [5, 5.41) is 6.69. The summed E-state index contributed by atoms with van der Waals surface area (Å²) in [5.74, 6) is 1.05. The van der Waals surface area contributed by atoms with E-state index in [1.54, 1.807) is 0 Å². The molecule has 3 aliphatic rings. The number of hydrogen-bond donors (Lipinski definition) is 2. The Bertz CT molecular complexity index is 364. The Morgan fingerprint density at radius 1 is 0.920 bits per heavy atom. The molecule has 0 atom stereocenters. The molecule has 0 spiro atoms. The van der Waals surface area contributed by atoms with Crippen LogP contribution in [0, 0.1) is 5.92 Å². The number of carbonyl (C=O) groups excluding carboxylic acids is 1. The molecular weight excluding hydrogens is 357 g/mol. The minimum Gasteiger partial charge on any atom is -0.353 e. The van der Waals surface area contributed by atoms with Crippen molar-refractivity contribution < 1.29 is 4.79 Å². The fraction of sp³-hybridized carbons (Fsp3) is 0.947. The number of nitrogens with zero attached hydrogens (tertiary/aromatic N) is 1. The van der Waals surface area contributed by atoms with E-state index in [4.69, 9.17) is 0 Å². The molecule has 0 unspecified atom stereocenters. The van der Waals surface area contributed by atoms with Crippen molar-refractivity contribution in [2.24, 2.45) is 5.92 Å². The monoisotopic (exact) mass is 393 g/mol. The molecular formula is C19H37Cl2N3O. The molecule has 2 saturated heterocycles. The molecule has 0 bridgehead atoms. The molecule has 6 heteroatoms. The molecule has 2 heterocycles. The fourth-order valence-electron chi connectivity index (χ4n) is 4.66. The van der Waals surface area contributed by atoms with Crippen LogP contribution in [0.15, 0.2) is 0 Å². The average molecular weight is 394 g/mol. The molecule has 0 aromatic carbocycles. The Morgan fingerprint density at radius 3 is 2.20 bits per heavy atom. The number of rotatable bonds is 5. The van der Waals surface area contributed by atoms with E-state index in [0.717, 1.165) is 50.7 Å². The van der Waals surface area contributed by atoms with Crippen LogP contribution in [-0.2, 0) is 4.79 Å². The summed E-state index contributed by atoms with van der Waals surface area (Å²) >= 11 is 0. The topological polar surface area (TPSA) is 44.4 Å². The number of amides is 1. The summed E-state index contributed by atoms with van der Waals surface area (Å²) < 4.78 is 0. The van der Waals surface area contributed by atoms with Gasteiger partial charge in [-0.1, -0.05) is 19.3 Å². The number of carbonyl (C=O) groups is 1. The Balaban J connectivity index is 0.00000156. The Kier molecular flexibility index (Phi) is 11.4. The SMILES string of the molecule is Cl.Cl.O=C(CCC1CCNCC1)NC1CCN(C2CCCCC2)CC1. The summed E-state index contributed by atoms with van der Waals surface area (Å²) in [6.45, 7) is 4.63. The third-order valence-electron chi connectivity index (χ3n) is 6.22. The van der Waals surface area contributed by atoms with E-state index in [2.05, 4.69) is 15.5 Å². The average Bonchev–Trinajstić information content (AvgIpc) is 2.62. The first kappa shape index (κ1) is 23.0. The van der Waals surface area contributed by atoms with Crippen LogP contribution in [0.2, 0.25) is 0 Å². The quantitative estimate of drug-likeness (QED) is 0.750. The Hall–Kier alpha value is -0.0300. The van der Waals surface area contributed by atoms with E-state index in [0.29, 0.717) is 11.9 Å². The second-order valence-corrected chi connectivity index (χ2v) is 7.90. The van der Waals surface area contributed by atoms with Crippen LogP contribution in [0.4, 0.5) is 0 Å². The molecule has 3 rings (SSSR count). The smallest absolute Gasteiger partial charge is 0.220 e. The van der Waals surface area contributed by atoms with Crippen LogP contribution < -0.4 is 10.6 Å². The minimum atomic E-state index is 0. The molecule has 0 aromatic rings. The molecule has 0 aromatic heterocycles. The summed E-state index contributed by atoms with van der Waals surface area (Å²) in [6, 6.07) is 1.26. The van der Waals surface area contributed by atoms with Gasteiger partial charge in [0.05, 0.1) is 0 Å². The van der Waals surface area contributed by atoms with Gasteiger partial charge in [0.2, 0.25) is 5.91 Å². The van der Waals surface area contributed by atoms with Crippen molar-refractivity contribution in [3.05, 3.63) is 0 Å². The molecule has 1 saturated carbocycles. The zero-order valence-corrected chi connectivity index (χ0v) is 17.1. The van der Waals surface area contributed by atoms with Crippen molar-refractivity contribution in [3.63, 3.8) is 0 Å². The largest absolute Gasteiger partial charge is 0.353 e. The molecule has 148 valence electrons. The lowest BCUT2D eigenvalue weighted by atomic mass is 9.91. The van der Waals surface area contributed by atoms with E-state index in [-0.39, 0.29) is 24.8 Å². The predicted molar refractivity (Wildman–Crippen MR) is 109 cm³/mol. The highest BCUT2D eigenvalue weighted by molar-refractivity contribution is 5.85. The van der Waals surface area contributed by atoms with Crippen molar-refractivity contribution >= 4 is 30.7 Å². The maximum absolute atomic E-state index is 12.2. The summed E-state index contributed by atoms with van der Waals surface area (Å²) in [7, 11) is 0. The highest BCUT2D eigenvalue weighted by Crippen LogP contribution is 2.25. The van der Waals surface area contributed by atoms with Gasteiger partial charge in [-0.05, 0) is 64.0 Å². The highest BCUT2D eigenvalue weighted by atomic mass is 35.5. The number of likely N-dealkylation sites (tertiary alicyclic amines) is 1. The van der Waals surface area contributed by atoms with Crippen LogP contribution in [0.3, 0.4) is 0 Å². The Labute approximate surface area is 166 Å². The lowest BCUT2D eigenvalue weighted by molar-refractivity contribution is -0.122. The number of nitrogens with one attached hydrogen (secondary N) is 2. The molecule has 2 aliphatic heterocycles. The van der Waals surface area contributed by atoms with Gasteiger partial charge in [-0.15, -0.1) is 24.8 Å². The van der Waals surface area contributed by atoms with E-state index < -0.39 is 0 Å². The van der Waals surface area contributed by atoms with Crippen LogP contribution >= 0.6 is 24.8 Å². The van der Waals surface area contributed by atoms with E-state index in [9.17, 15) is 4.79 Å². The predicted octanol–water partition coefficient (Wildman–Crippen LogP) is 3.52. The molecule has 3 fully saturated rings. The van der Waals surface area contributed by atoms with Crippen molar-refractivity contribution in [1.29, 1.82) is 0 Å². The summed E-state index contributed by atoms with van der Waals surface area (Å²) in [5.41, 5.74) is 0. The van der Waals surface area contributed by atoms with Crippen molar-refractivity contribution in [2.75, 3.05) is 26.2 Å². The van der Waals surface area contributed by atoms with Crippen LogP contribution in [-0.4, -0.2) is 49.1 Å². The second kappa shape index (κ2) is 12.4.